The van der Waals surface area contributed by atoms with Gasteiger partial charge in [0.15, 0.2) is 0 Å². The lowest BCUT2D eigenvalue weighted by Gasteiger charge is -2.37. The Morgan fingerprint density at radius 3 is 2.39 bits per heavy atom. The van der Waals surface area contributed by atoms with Crippen LogP contribution in [0.5, 0.6) is 5.75 Å². The van der Waals surface area contributed by atoms with E-state index in [2.05, 4.69) is 10.6 Å². The molecule has 0 bridgehead atoms. The number of halogens is 1. The van der Waals surface area contributed by atoms with Crippen LogP contribution in [0.25, 0.3) is 0 Å². The van der Waals surface area contributed by atoms with Crippen molar-refractivity contribution in [1.82, 2.24) is 10.6 Å². The second-order valence-electron chi connectivity index (χ2n) is 7.16. The van der Waals surface area contributed by atoms with Crippen LogP contribution in [0, 0.1) is 5.41 Å². The van der Waals surface area contributed by atoms with Gasteiger partial charge in [-0.3, -0.25) is 4.79 Å². The van der Waals surface area contributed by atoms with Crippen molar-refractivity contribution >= 4 is 18.3 Å². The number of amides is 1. The predicted molar refractivity (Wildman–Crippen MR) is 113 cm³/mol. The Morgan fingerprint density at radius 1 is 1.07 bits per heavy atom. The van der Waals surface area contributed by atoms with Crippen LogP contribution in [0.4, 0.5) is 0 Å². The third kappa shape index (κ3) is 6.23. The van der Waals surface area contributed by atoms with Crippen LogP contribution in [0.15, 0.2) is 54.6 Å². The Morgan fingerprint density at radius 2 is 1.75 bits per heavy atom. The molecule has 0 aromatic heterocycles. The number of carbonyl (C=O) groups is 1. The highest BCUT2D eigenvalue weighted by Gasteiger charge is 2.32. The first-order valence-electron chi connectivity index (χ1n) is 9.45. The molecule has 0 unspecified atom stereocenters. The normalized spacial score (nSPS) is 15.3. The van der Waals surface area contributed by atoms with E-state index in [1.807, 2.05) is 42.5 Å². The topological polar surface area (TPSA) is 59.6 Å². The minimum Gasteiger partial charge on any atom is -0.489 e. The average Bonchev–Trinajstić information content (AvgIpc) is 2.73. The van der Waals surface area contributed by atoms with Gasteiger partial charge < -0.3 is 20.1 Å². The highest BCUT2D eigenvalue weighted by molar-refractivity contribution is 5.94. The number of nitrogens with one attached hydrogen (secondary N) is 2. The monoisotopic (exact) mass is 404 g/mol. The van der Waals surface area contributed by atoms with E-state index in [-0.39, 0.29) is 23.7 Å². The highest BCUT2D eigenvalue weighted by Crippen LogP contribution is 2.28. The molecule has 1 aliphatic rings. The van der Waals surface area contributed by atoms with Crippen molar-refractivity contribution < 1.29 is 14.3 Å². The second-order valence-corrected chi connectivity index (χ2v) is 7.16. The van der Waals surface area contributed by atoms with Crippen molar-refractivity contribution in [1.29, 1.82) is 0 Å². The Hall–Kier alpha value is -2.08. The second kappa shape index (κ2) is 11.1. The Balaban J connectivity index is 0.00000280. The van der Waals surface area contributed by atoms with Crippen LogP contribution < -0.4 is 15.4 Å². The summed E-state index contributed by atoms with van der Waals surface area (Å²) in [5.74, 6) is 0.697. The van der Waals surface area contributed by atoms with E-state index >= 15 is 0 Å². The van der Waals surface area contributed by atoms with Gasteiger partial charge in [-0.25, -0.2) is 0 Å². The van der Waals surface area contributed by atoms with E-state index in [0.717, 1.165) is 37.2 Å². The zero-order valence-corrected chi connectivity index (χ0v) is 17.1. The average molecular weight is 405 g/mol. The van der Waals surface area contributed by atoms with Crippen molar-refractivity contribution in [3.63, 3.8) is 0 Å². The smallest absolute Gasteiger partial charge is 0.251 e. The molecule has 1 aliphatic heterocycles. The summed E-state index contributed by atoms with van der Waals surface area (Å²) in [6.07, 6.45) is 2.01. The summed E-state index contributed by atoms with van der Waals surface area (Å²) in [5, 5.41) is 6.45. The van der Waals surface area contributed by atoms with Crippen LogP contribution in [-0.2, 0) is 11.3 Å². The van der Waals surface area contributed by atoms with Crippen LogP contribution >= 0.6 is 12.4 Å². The van der Waals surface area contributed by atoms with Gasteiger partial charge in [-0.05, 0) is 55.8 Å². The summed E-state index contributed by atoms with van der Waals surface area (Å²) in [5.41, 5.74) is 1.78. The lowest BCUT2D eigenvalue weighted by molar-refractivity contribution is 0.0512. The maximum Gasteiger partial charge on any atom is 0.251 e. The molecular weight excluding hydrogens is 376 g/mol. The Kier molecular flexibility index (Phi) is 8.77. The van der Waals surface area contributed by atoms with Gasteiger partial charge >= 0.3 is 0 Å². The van der Waals surface area contributed by atoms with Gasteiger partial charge in [0.2, 0.25) is 0 Å². The summed E-state index contributed by atoms with van der Waals surface area (Å²) in [6, 6.07) is 17.3. The number of rotatable bonds is 8. The zero-order valence-electron chi connectivity index (χ0n) is 16.3. The van der Waals surface area contributed by atoms with Gasteiger partial charge in [0.1, 0.15) is 12.4 Å². The fourth-order valence-corrected chi connectivity index (χ4v) is 3.45. The minimum atomic E-state index is -0.0568. The highest BCUT2D eigenvalue weighted by atomic mass is 35.5. The predicted octanol–water partition coefficient (Wildman–Crippen LogP) is 3.43. The molecule has 3 rings (SSSR count). The lowest BCUT2D eigenvalue weighted by atomic mass is 9.79. The fourth-order valence-electron chi connectivity index (χ4n) is 3.45. The van der Waals surface area contributed by atoms with E-state index in [1.54, 1.807) is 19.2 Å². The minimum absolute atomic E-state index is 0. The molecule has 2 aromatic rings. The Labute approximate surface area is 173 Å². The fraction of sp³-hybridized carbons (Fsp3) is 0.409. The molecule has 6 heteroatoms. The van der Waals surface area contributed by atoms with E-state index in [1.165, 1.54) is 0 Å². The van der Waals surface area contributed by atoms with Gasteiger partial charge in [-0.2, -0.15) is 0 Å². The molecule has 2 aromatic carbocycles. The standard InChI is InChI=1S/C22H28N2O3.ClH/c1-26-17-22(11-13-23-14-12-22)16-24-21(25)19-7-9-20(10-8-19)27-15-18-5-3-2-4-6-18;/h2-10,23H,11-17H2,1H3,(H,24,25);1H. The SMILES string of the molecule is COCC1(CNC(=O)c2ccc(OCc3ccccc3)cc2)CCNCC1.Cl. The maximum absolute atomic E-state index is 12.5. The molecule has 0 aliphatic carbocycles. The molecule has 152 valence electrons. The largest absolute Gasteiger partial charge is 0.489 e. The zero-order chi connectivity index (χ0) is 19.0. The van der Waals surface area contributed by atoms with E-state index in [4.69, 9.17) is 9.47 Å². The van der Waals surface area contributed by atoms with Gasteiger partial charge in [0.05, 0.1) is 6.61 Å². The van der Waals surface area contributed by atoms with Crippen molar-refractivity contribution in [3.05, 3.63) is 65.7 Å². The van der Waals surface area contributed by atoms with Crippen LogP contribution in [-0.4, -0.2) is 39.3 Å². The summed E-state index contributed by atoms with van der Waals surface area (Å²) in [4.78, 5) is 12.5. The van der Waals surface area contributed by atoms with Crippen molar-refractivity contribution in [2.75, 3.05) is 33.4 Å². The van der Waals surface area contributed by atoms with Gasteiger partial charge in [0, 0.05) is 24.6 Å². The van der Waals surface area contributed by atoms with Gasteiger partial charge in [0.25, 0.3) is 5.91 Å². The molecule has 2 N–H and O–H groups in total. The molecule has 0 spiro atoms. The summed E-state index contributed by atoms with van der Waals surface area (Å²) in [6.45, 7) is 3.74. The summed E-state index contributed by atoms with van der Waals surface area (Å²) in [7, 11) is 1.72. The van der Waals surface area contributed by atoms with Gasteiger partial charge in [-0.15, -0.1) is 12.4 Å². The van der Waals surface area contributed by atoms with Crippen molar-refractivity contribution in [3.8, 4) is 5.75 Å². The molecule has 0 radical (unpaired) electrons. The molecule has 0 saturated carbocycles. The third-order valence-electron chi connectivity index (χ3n) is 5.10. The van der Waals surface area contributed by atoms with Crippen LogP contribution in [0.1, 0.15) is 28.8 Å². The number of benzene rings is 2. The first-order valence-corrected chi connectivity index (χ1v) is 9.45. The lowest BCUT2D eigenvalue weighted by Crippen LogP contribution is -2.47. The number of carbonyl (C=O) groups excluding carboxylic acids is 1. The summed E-state index contributed by atoms with van der Waals surface area (Å²) >= 11 is 0. The number of hydrogen-bond acceptors (Lipinski definition) is 4. The molecule has 1 amide bonds. The van der Waals surface area contributed by atoms with Crippen molar-refractivity contribution in [2.45, 2.75) is 19.4 Å². The van der Waals surface area contributed by atoms with Gasteiger partial charge in [-0.1, -0.05) is 30.3 Å². The molecule has 28 heavy (non-hydrogen) atoms. The molecule has 5 nitrogen and oxygen atoms in total. The number of piperidine rings is 1. The molecule has 0 atom stereocenters. The van der Waals surface area contributed by atoms with E-state index in [0.29, 0.717) is 25.3 Å². The molecule has 1 saturated heterocycles. The Bertz CT molecular complexity index is 711. The number of methoxy groups -OCH3 is 1. The van der Waals surface area contributed by atoms with Crippen LogP contribution in [0.2, 0.25) is 0 Å². The maximum atomic E-state index is 12.5. The van der Waals surface area contributed by atoms with E-state index in [9.17, 15) is 4.79 Å². The number of hydrogen-bond donors (Lipinski definition) is 2. The molecular formula is C22H29ClN2O3. The molecule has 1 fully saturated rings. The van der Waals surface area contributed by atoms with Crippen LogP contribution in [0.3, 0.4) is 0 Å². The quantitative estimate of drug-likeness (QED) is 0.707. The molecule has 1 heterocycles. The number of ether oxygens (including phenoxy) is 2. The third-order valence-corrected chi connectivity index (χ3v) is 5.10. The first-order chi connectivity index (χ1) is 13.2. The summed E-state index contributed by atoms with van der Waals surface area (Å²) < 4.78 is 11.2. The van der Waals surface area contributed by atoms with Crippen molar-refractivity contribution in [2.24, 2.45) is 5.41 Å². The first kappa shape index (κ1) is 22.2. The van der Waals surface area contributed by atoms with E-state index < -0.39 is 0 Å².